The largest absolute Gasteiger partial charge is 0.496 e. The van der Waals surface area contributed by atoms with Crippen LogP contribution in [0.15, 0.2) is 12.1 Å². The molecule has 2 heteroatoms. The molecule has 0 aliphatic heterocycles. The lowest BCUT2D eigenvalue weighted by Gasteiger charge is -2.28. The Morgan fingerprint density at radius 3 is 2.35 bits per heavy atom. The Labute approximate surface area is 104 Å². The van der Waals surface area contributed by atoms with Gasteiger partial charge in [-0.2, -0.15) is 0 Å². The normalized spacial score (nSPS) is 24.7. The smallest absolute Gasteiger partial charge is 0.125 e. The van der Waals surface area contributed by atoms with Crippen molar-refractivity contribution in [3.05, 3.63) is 28.8 Å². The third-order valence-electron chi connectivity index (χ3n) is 3.86. The van der Waals surface area contributed by atoms with Crippen LogP contribution in [0, 0.1) is 13.8 Å². The van der Waals surface area contributed by atoms with Crippen LogP contribution >= 0.6 is 0 Å². The van der Waals surface area contributed by atoms with Crippen LogP contribution < -0.4 is 10.5 Å². The lowest BCUT2D eigenvalue weighted by atomic mass is 9.80. The maximum atomic E-state index is 5.97. The summed E-state index contributed by atoms with van der Waals surface area (Å²) in [4.78, 5) is 0. The molecule has 0 spiro atoms. The topological polar surface area (TPSA) is 35.2 Å². The van der Waals surface area contributed by atoms with Crippen molar-refractivity contribution in [1.82, 2.24) is 0 Å². The molecule has 1 aromatic rings. The highest BCUT2D eigenvalue weighted by Crippen LogP contribution is 2.39. The third kappa shape index (κ3) is 2.63. The van der Waals surface area contributed by atoms with Gasteiger partial charge in [0.25, 0.3) is 0 Å². The Morgan fingerprint density at radius 1 is 1.12 bits per heavy atom. The number of methoxy groups -OCH3 is 1. The molecule has 1 fully saturated rings. The molecule has 1 aliphatic rings. The first kappa shape index (κ1) is 12.4. The zero-order valence-electron chi connectivity index (χ0n) is 11.1. The lowest BCUT2D eigenvalue weighted by molar-refractivity contribution is 0.367. The molecule has 1 aliphatic carbocycles. The van der Waals surface area contributed by atoms with E-state index in [2.05, 4.69) is 26.0 Å². The molecule has 0 radical (unpaired) electrons. The molecule has 0 aromatic heterocycles. The number of nitrogens with two attached hydrogens (primary N) is 1. The molecule has 1 aromatic carbocycles. The maximum Gasteiger partial charge on any atom is 0.125 e. The summed E-state index contributed by atoms with van der Waals surface area (Å²) in [5.74, 6) is 1.71. The number of hydrogen-bond acceptors (Lipinski definition) is 2. The van der Waals surface area contributed by atoms with Crippen LogP contribution in [0.4, 0.5) is 0 Å². The van der Waals surface area contributed by atoms with Crippen molar-refractivity contribution in [1.29, 1.82) is 0 Å². The number of ether oxygens (including phenoxy) is 1. The summed E-state index contributed by atoms with van der Waals surface area (Å²) in [5, 5.41) is 0. The fourth-order valence-corrected chi connectivity index (χ4v) is 3.00. The van der Waals surface area contributed by atoms with Crippen molar-refractivity contribution >= 4 is 0 Å². The second-order valence-corrected chi connectivity index (χ2v) is 5.32. The summed E-state index contributed by atoms with van der Waals surface area (Å²) in [5.41, 5.74) is 9.93. The quantitative estimate of drug-likeness (QED) is 0.850. The fraction of sp³-hybridized carbons (Fsp3) is 0.600. The molecule has 0 atom stereocenters. The van der Waals surface area contributed by atoms with E-state index in [-0.39, 0.29) is 0 Å². The highest BCUT2D eigenvalue weighted by atomic mass is 16.5. The van der Waals surface area contributed by atoms with Gasteiger partial charge in [-0.25, -0.2) is 0 Å². The molecule has 17 heavy (non-hydrogen) atoms. The van der Waals surface area contributed by atoms with E-state index in [1.54, 1.807) is 7.11 Å². The van der Waals surface area contributed by atoms with Crippen molar-refractivity contribution in [3.63, 3.8) is 0 Å². The van der Waals surface area contributed by atoms with E-state index < -0.39 is 0 Å². The van der Waals surface area contributed by atoms with Crippen LogP contribution in [-0.2, 0) is 0 Å². The molecule has 0 saturated heterocycles. The summed E-state index contributed by atoms with van der Waals surface area (Å²) in [6.07, 6.45) is 4.67. The van der Waals surface area contributed by atoms with E-state index in [0.717, 1.165) is 18.6 Å². The van der Waals surface area contributed by atoms with Crippen LogP contribution in [0.2, 0.25) is 0 Å². The van der Waals surface area contributed by atoms with Gasteiger partial charge < -0.3 is 10.5 Å². The standard InChI is InChI=1S/C15H23NO/c1-10-8-11(2)15(17-3)14(9-10)12-4-6-13(16)7-5-12/h8-9,12-13H,4-7,16H2,1-3H3. The molecular formula is C15H23NO. The van der Waals surface area contributed by atoms with Crippen molar-refractivity contribution in [2.75, 3.05) is 7.11 Å². The SMILES string of the molecule is COc1c(C)cc(C)cc1C1CCC(N)CC1. The fourth-order valence-electron chi connectivity index (χ4n) is 3.00. The lowest BCUT2D eigenvalue weighted by Crippen LogP contribution is -2.25. The monoisotopic (exact) mass is 233 g/mol. The second kappa shape index (κ2) is 5.09. The minimum Gasteiger partial charge on any atom is -0.496 e. The van der Waals surface area contributed by atoms with E-state index in [1.165, 1.54) is 29.5 Å². The first-order chi connectivity index (χ1) is 8.11. The Balaban J connectivity index is 2.30. The van der Waals surface area contributed by atoms with E-state index in [0.29, 0.717) is 12.0 Å². The molecular weight excluding hydrogens is 210 g/mol. The number of rotatable bonds is 2. The maximum absolute atomic E-state index is 5.97. The summed E-state index contributed by atoms with van der Waals surface area (Å²) >= 11 is 0. The molecule has 2 nitrogen and oxygen atoms in total. The van der Waals surface area contributed by atoms with Crippen LogP contribution in [0.25, 0.3) is 0 Å². The van der Waals surface area contributed by atoms with Gasteiger partial charge in [0, 0.05) is 6.04 Å². The van der Waals surface area contributed by atoms with Gasteiger partial charge in [-0.3, -0.25) is 0 Å². The molecule has 2 rings (SSSR count). The Morgan fingerprint density at radius 2 is 1.76 bits per heavy atom. The van der Waals surface area contributed by atoms with E-state index >= 15 is 0 Å². The van der Waals surface area contributed by atoms with Gasteiger partial charge in [-0.1, -0.05) is 17.7 Å². The van der Waals surface area contributed by atoms with Crippen LogP contribution in [0.3, 0.4) is 0 Å². The van der Waals surface area contributed by atoms with Gasteiger partial charge in [0.1, 0.15) is 5.75 Å². The highest BCUT2D eigenvalue weighted by molar-refractivity contribution is 5.45. The van der Waals surface area contributed by atoms with Crippen LogP contribution in [-0.4, -0.2) is 13.2 Å². The second-order valence-electron chi connectivity index (χ2n) is 5.32. The van der Waals surface area contributed by atoms with Crippen molar-refractivity contribution in [2.24, 2.45) is 5.73 Å². The zero-order valence-corrected chi connectivity index (χ0v) is 11.1. The highest BCUT2D eigenvalue weighted by Gasteiger charge is 2.23. The van der Waals surface area contributed by atoms with Gasteiger partial charge in [-0.15, -0.1) is 0 Å². The number of hydrogen-bond donors (Lipinski definition) is 1. The number of aryl methyl sites for hydroxylation is 2. The van der Waals surface area contributed by atoms with Crippen molar-refractivity contribution in [3.8, 4) is 5.75 Å². The summed E-state index contributed by atoms with van der Waals surface area (Å²) in [7, 11) is 1.77. The van der Waals surface area contributed by atoms with E-state index in [1.807, 2.05) is 0 Å². The predicted molar refractivity (Wildman–Crippen MR) is 71.7 cm³/mol. The third-order valence-corrected chi connectivity index (χ3v) is 3.86. The first-order valence-corrected chi connectivity index (χ1v) is 6.52. The average Bonchev–Trinajstić information content (AvgIpc) is 2.29. The minimum atomic E-state index is 0.406. The molecule has 0 bridgehead atoms. The van der Waals surface area contributed by atoms with E-state index in [9.17, 15) is 0 Å². The van der Waals surface area contributed by atoms with Crippen LogP contribution in [0.1, 0.15) is 48.3 Å². The average molecular weight is 233 g/mol. The van der Waals surface area contributed by atoms with Crippen molar-refractivity contribution < 1.29 is 4.74 Å². The molecule has 2 N–H and O–H groups in total. The van der Waals surface area contributed by atoms with Gasteiger partial charge in [-0.05, 0) is 56.6 Å². The van der Waals surface area contributed by atoms with Gasteiger partial charge >= 0.3 is 0 Å². The van der Waals surface area contributed by atoms with Crippen LogP contribution in [0.5, 0.6) is 5.75 Å². The van der Waals surface area contributed by atoms with Gasteiger partial charge in [0.2, 0.25) is 0 Å². The molecule has 0 amide bonds. The zero-order chi connectivity index (χ0) is 12.4. The molecule has 94 valence electrons. The number of benzene rings is 1. The van der Waals surface area contributed by atoms with Gasteiger partial charge in [0.15, 0.2) is 0 Å². The molecule has 1 saturated carbocycles. The first-order valence-electron chi connectivity index (χ1n) is 6.52. The summed E-state index contributed by atoms with van der Waals surface area (Å²) in [6.45, 7) is 4.29. The van der Waals surface area contributed by atoms with E-state index in [4.69, 9.17) is 10.5 Å². The Hall–Kier alpha value is -1.02. The van der Waals surface area contributed by atoms with Crippen molar-refractivity contribution in [2.45, 2.75) is 51.5 Å². The Kier molecular flexibility index (Phi) is 3.72. The van der Waals surface area contributed by atoms with Gasteiger partial charge in [0.05, 0.1) is 7.11 Å². The Bertz CT molecular complexity index is 392. The predicted octanol–water partition coefficient (Wildman–Crippen LogP) is 3.30. The molecule has 0 heterocycles. The molecule has 0 unspecified atom stereocenters. The minimum absolute atomic E-state index is 0.406. The summed E-state index contributed by atoms with van der Waals surface area (Å²) < 4.78 is 5.58. The summed E-state index contributed by atoms with van der Waals surface area (Å²) in [6, 6.07) is 4.88.